The van der Waals surface area contributed by atoms with E-state index in [4.69, 9.17) is 0 Å². The zero-order chi connectivity index (χ0) is 27.3. The number of halogens is 6. The molecule has 3 aromatic carbocycles. The molecule has 202 valence electrons. The van der Waals surface area contributed by atoms with Crippen LogP contribution in [0.25, 0.3) is 0 Å². The van der Waals surface area contributed by atoms with Gasteiger partial charge >= 0.3 is 18.8 Å². The molecule has 1 atom stereocenters. The van der Waals surface area contributed by atoms with Gasteiger partial charge in [-0.1, -0.05) is 55.3 Å². The minimum Gasteiger partial charge on any atom is -0.435 e. The van der Waals surface area contributed by atoms with Crippen molar-refractivity contribution in [1.29, 1.82) is 0 Å². The van der Waals surface area contributed by atoms with Crippen LogP contribution in [0.2, 0.25) is 0 Å². The summed E-state index contributed by atoms with van der Waals surface area (Å²) in [6.45, 7) is -3.15. The number of rotatable bonds is 8. The van der Waals surface area contributed by atoms with E-state index in [1.165, 1.54) is 24.3 Å². The molecule has 1 aliphatic rings. The van der Waals surface area contributed by atoms with Crippen LogP contribution in [-0.2, 0) is 18.1 Å². The highest BCUT2D eigenvalue weighted by atomic mass is 19.4. The minimum absolute atomic E-state index is 0.106. The van der Waals surface area contributed by atoms with Crippen molar-refractivity contribution in [2.24, 2.45) is 0 Å². The molecule has 2 N–H and O–H groups in total. The Bertz CT molecular complexity index is 1250. The lowest BCUT2D eigenvalue weighted by atomic mass is 9.77. The summed E-state index contributed by atoms with van der Waals surface area (Å²) >= 11 is 0. The van der Waals surface area contributed by atoms with Gasteiger partial charge in [0, 0.05) is 12.5 Å². The Morgan fingerprint density at radius 1 is 0.895 bits per heavy atom. The number of ether oxygens (including phenoxy) is 1. The predicted molar refractivity (Wildman–Crippen MR) is 129 cm³/mol. The summed E-state index contributed by atoms with van der Waals surface area (Å²) < 4.78 is 86.5. The van der Waals surface area contributed by atoms with Crippen LogP contribution in [0.15, 0.2) is 72.8 Å². The maximum Gasteiger partial charge on any atom is 0.416 e. The standard InChI is InChI=1S/C28H26F6N2O2/c29-22-14-20(13-21(15-22)28(32,33)34)27(17-18-7-2-1-3-8-18,36-26(37)35-23-10-4-5-11-23)19-9-6-12-24(16-19)38-25(30)31/h1-3,6-9,12-16,23,25H,4-5,10-11,17H2,(H2,35,36,37). The number of carbonyl (C=O) groups excluding carboxylic acids is 1. The molecule has 3 aromatic rings. The SMILES string of the molecule is O=C(NC1CCCC1)NC(Cc1ccccc1)(c1cccc(OC(F)F)c1)c1cc(F)cc(C(F)(F)F)c1. The molecule has 4 nitrogen and oxygen atoms in total. The number of hydrogen-bond acceptors (Lipinski definition) is 2. The Labute approximate surface area is 216 Å². The third kappa shape index (κ3) is 6.59. The first-order chi connectivity index (χ1) is 18.0. The highest BCUT2D eigenvalue weighted by Crippen LogP contribution is 2.39. The Hall–Kier alpha value is -3.69. The fraction of sp³-hybridized carbons (Fsp3) is 0.321. The molecule has 0 aromatic heterocycles. The maximum atomic E-state index is 14.7. The van der Waals surface area contributed by atoms with Crippen molar-refractivity contribution < 1.29 is 35.9 Å². The minimum atomic E-state index is -4.87. The average molecular weight is 537 g/mol. The van der Waals surface area contributed by atoms with Crippen molar-refractivity contribution in [3.8, 4) is 5.75 Å². The van der Waals surface area contributed by atoms with Crippen molar-refractivity contribution in [2.75, 3.05) is 0 Å². The number of alkyl halides is 5. The Kier molecular flexibility index (Phi) is 8.18. The molecular weight excluding hydrogens is 510 g/mol. The van der Waals surface area contributed by atoms with E-state index in [1.807, 2.05) is 0 Å². The molecule has 1 saturated carbocycles. The molecule has 0 saturated heterocycles. The number of amides is 2. The second-order valence-electron chi connectivity index (χ2n) is 9.28. The molecule has 0 heterocycles. The van der Waals surface area contributed by atoms with Crippen molar-refractivity contribution in [1.82, 2.24) is 10.6 Å². The van der Waals surface area contributed by atoms with E-state index >= 15 is 0 Å². The lowest BCUT2D eigenvalue weighted by molar-refractivity contribution is -0.137. The molecule has 1 fully saturated rings. The summed E-state index contributed by atoms with van der Waals surface area (Å²) in [6.07, 6.45) is -1.64. The smallest absolute Gasteiger partial charge is 0.416 e. The van der Waals surface area contributed by atoms with Gasteiger partial charge in [0.25, 0.3) is 0 Å². The van der Waals surface area contributed by atoms with E-state index in [0.29, 0.717) is 11.6 Å². The lowest BCUT2D eigenvalue weighted by Gasteiger charge is -2.37. The molecule has 38 heavy (non-hydrogen) atoms. The fourth-order valence-electron chi connectivity index (χ4n) is 4.88. The second kappa shape index (κ2) is 11.4. The van der Waals surface area contributed by atoms with Crippen LogP contribution in [0, 0.1) is 5.82 Å². The second-order valence-corrected chi connectivity index (χ2v) is 9.28. The molecule has 2 amide bonds. The highest BCUT2D eigenvalue weighted by Gasteiger charge is 2.40. The Morgan fingerprint density at radius 2 is 1.58 bits per heavy atom. The first-order valence-electron chi connectivity index (χ1n) is 12.1. The van der Waals surface area contributed by atoms with Gasteiger partial charge in [0.2, 0.25) is 0 Å². The normalized spacial score (nSPS) is 15.8. The molecule has 1 unspecified atom stereocenters. The zero-order valence-electron chi connectivity index (χ0n) is 20.2. The molecular formula is C28H26F6N2O2. The Balaban J connectivity index is 1.91. The van der Waals surface area contributed by atoms with Gasteiger partial charge in [-0.05, 0) is 59.9 Å². The van der Waals surface area contributed by atoms with Gasteiger partial charge in [0.15, 0.2) is 0 Å². The van der Waals surface area contributed by atoms with Crippen LogP contribution in [-0.4, -0.2) is 18.7 Å². The topological polar surface area (TPSA) is 50.4 Å². The first kappa shape index (κ1) is 27.3. The lowest BCUT2D eigenvalue weighted by Crippen LogP contribution is -2.53. The van der Waals surface area contributed by atoms with Gasteiger partial charge < -0.3 is 15.4 Å². The third-order valence-corrected chi connectivity index (χ3v) is 6.60. The van der Waals surface area contributed by atoms with Crippen molar-refractivity contribution in [2.45, 2.75) is 56.5 Å². The van der Waals surface area contributed by atoms with E-state index in [9.17, 15) is 31.1 Å². The monoisotopic (exact) mass is 536 g/mol. The number of benzene rings is 3. The Morgan fingerprint density at radius 3 is 2.24 bits per heavy atom. The summed E-state index contributed by atoms with van der Waals surface area (Å²) in [4.78, 5) is 13.3. The van der Waals surface area contributed by atoms with Crippen LogP contribution in [0.3, 0.4) is 0 Å². The van der Waals surface area contributed by atoms with E-state index in [0.717, 1.165) is 37.8 Å². The van der Waals surface area contributed by atoms with Gasteiger partial charge in [-0.25, -0.2) is 9.18 Å². The number of hydrogen-bond donors (Lipinski definition) is 2. The van der Waals surface area contributed by atoms with Gasteiger partial charge in [-0.2, -0.15) is 22.0 Å². The van der Waals surface area contributed by atoms with Gasteiger partial charge in [0.05, 0.1) is 11.1 Å². The van der Waals surface area contributed by atoms with Crippen LogP contribution in [0.4, 0.5) is 31.1 Å². The predicted octanol–water partition coefficient (Wildman–Crippen LogP) is 7.17. The average Bonchev–Trinajstić information content (AvgIpc) is 3.36. The van der Waals surface area contributed by atoms with E-state index < -0.39 is 35.7 Å². The number of nitrogens with one attached hydrogen (secondary N) is 2. The molecule has 0 radical (unpaired) electrons. The van der Waals surface area contributed by atoms with E-state index in [-0.39, 0.29) is 29.3 Å². The number of urea groups is 1. The maximum absolute atomic E-state index is 14.7. The number of carbonyl (C=O) groups is 1. The van der Waals surface area contributed by atoms with Crippen LogP contribution < -0.4 is 15.4 Å². The molecule has 1 aliphatic carbocycles. The zero-order valence-corrected chi connectivity index (χ0v) is 20.2. The fourth-order valence-corrected chi connectivity index (χ4v) is 4.88. The molecule has 0 aliphatic heterocycles. The van der Waals surface area contributed by atoms with Gasteiger partial charge in [-0.15, -0.1) is 0 Å². The van der Waals surface area contributed by atoms with Gasteiger partial charge in [0.1, 0.15) is 11.6 Å². The third-order valence-electron chi connectivity index (χ3n) is 6.60. The molecule has 0 spiro atoms. The largest absolute Gasteiger partial charge is 0.435 e. The van der Waals surface area contributed by atoms with Crippen LogP contribution >= 0.6 is 0 Å². The van der Waals surface area contributed by atoms with Crippen molar-refractivity contribution in [3.63, 3.8) is 0 Å². The van der Waals surface area contributed by atoms with Gasteiger partial charge in [-0.3, -0.25) is 0 Å². The molecule has 0 bridgehead atoms. The van der Waals surface area contributed by atoms with E-state index in [2.05, 4.69) is 15.4 Å². The summed E-state index contributed by atoms with van der Waals surface area (Å²) in [6, 6.07) is 15.1. The summed E-state index contributed by atoms with van der Waals surface area (Å²) in [7, 11) is 0. The van der Waals surface area contributed by atoms with Crippen LogP contribution in [0.5, 0.6) is 5.75 Å². The summed E-state index contributed by atoms with van der Waals surface area (Å²) in [5.41, 5.74) is -2.49. The first-order valence-corrected chi connectivity index (χ1v) is 12.1. The molecule has 10 heteroatoms. The highest BCUT2D eigenvalue weighted by molar-refractivity contribution is 5.76. The van der Waals surface area contributed by atoms with Crippen molar-refractivity contribution >= 4 is 6.03 Å². The summed E-state index contributed by atoms with van der Waals surface area (Å²) in [5.74, 6) is -1.43. The molecule has 4 rings (SSSR count). The quantitative estimate of drug-likeness (QED) is 0.300. The van der Waals surface area contributed by atoms with Crippen molar-refractivity contribution in [3.05, 3.63) is 101 Å². The van der Waals surface area contributed by atoms with Crippen LogP contribution in [0.1, 0.15) is 47.9 Å². The summed E-state index contributed by atoms with van der Waals surface area (Å²) in [5, 5.41) is 5.65. The van der Waals surface area contributed by atoms with E-state index in [1.54, 1.807) is 30.3 Å².